The minimum absolute atomic E-state index is 0.0243. The maximum Gasteiger partial charge on any atom is 0.253 e. The second-order valence-electron chi connectivity index (χ2n) is 9.30. The molecule has 5 rings (SSSR count). The topological polar surface area (TPSA) is 84.7 Å². The fourth-order valence-electron chi connectivity index (χ4n) is 4.51. The third kappa shape index (κ3) is 5.24. The van der Waals surface area contributed by atoms with E-state index in [1.54, 1.807) is 0 Å². The smallest absolute Gasteiger partial charge is 0.253 e. The summed E-state index contributed by atoms with van der Waals surface area (Å²) < 4.78 is 11.3. The molecule has 0 unspecified atom stereocenters. The van der Waals surface area contributed by atoms with Gasteiger partial charge in [-0.05, 0) is 74.4 Å². The summed E-state index contributed by atoms with van der Waals surface area (Å²) in [6.07, 6.45) is 4.43. The van der Waals surface area contributed by atoms with Gasteiger partial charge in [0.15, 0.2) is 11.5 Å². The minimum atomic E-state index is 0.0243. The van der Waals surface area contributed by atoms with Gasteiger partial charge in [-0.2, -0.15) is 0 Å². The number of nitrogens with one attached hydrogen (secondary N) is 1. The van der Waals surface area contributed by atoms with Crippen LogP contribution in [0.1, 0.15) is 66.8 Å². The predicted octanol–water partition coefficient (Wildman–Crippen LogP) is 4.66. The Kier molecular flexibility index (Phi) is 6.52. The van der Waals surface area contributed by atoms with Crippen molar-refractivity contribution in [2.75, 3.05) is 19.7 Å². The van der Waals surface area contributed by atoms with Gasteiger partial charge < -0.3 is 19.4 Å². The molecule has 2 aliphatic rings. The Balaban J connectivity index is 1.08. The molecule has 1 saturated carbocycles. The minimum Gasteiger partial charge on any atom is -0.494 e. The number of benzene rings is 2. The number of carbonyl (C=O) groups is 2. The molecule has 0 radical (unpaired) electrons. The largest absolute Gasteiger partial charge is 0.494 e. The lowest BCUT2D eigenvalue weighted by Crippen LogP contribution is -2.39. The molecule has 1 saturated heterocycles. The highest BCUT2D eigenvalue weighted by molar-refractivity contribution is 5.97. The highest BCUT2D eigenvalue weighted by atomic mass is 16.5. The maximum atomic E-state index is 13.0. The number of hydrogen-bond acceptors (Lipinski definition) is 5. The van der Waals surface area contributed by atoms with Crippen LogP contribution in [-0.2, 0) is 11.3 Å². The molecular weight excluding hydrogens is 430 g/mol. The lowest BCUT2D eigenvalue weighted by Gasteiger charge is -2.31. The van der Waals surface area contributed by atoms with E-state index in [0.717, 1.165) is 54.0 Å². The average Bonchev–Trinajstić information content (AvgIpc) is 3.62. The van der Waals surface area contributed by atoms with Crippen molar-refractivity contribution in [3.05, 3.63) is 59.5 Å². The van der Waals surface area contributed by atoms with E-state index in [2.05, 4.69) is 10.3 Å². The summed E-state index contributed by atoms with van der Waals surface area (Å²) in [5.74, 6) is 2.45. The Hall–Kier alpha value is -3.35. The van der Waals surface area contributed by atoms with E-state index in [1.807, 2.05) is 54.3 Å². The Morgan fingerprint density at radius 2 is 1.85 bits per heavy atom. The first-order valence-corrected chi connectivity index (χ1v) is 12.3. The molecule has 2 amide bonds. The van der Waals surface area contributed by atoms with Crippen LogP contribution in [0.5, 0.6) is 5.75 Å². The molecule has 2 aromatic carbocycles. The number of nitrogens with zero attached hydrogens (tertiary/aromatic N) is 2. The summed E-state index contributed by atoms with van der Waals surface area (Å²) in [6.45, 7) is 4.43. The van der Waals surface area contributed by atoms with Crippen LogP contribution < -0.4 is 10.1 Å². The van der Waals surface area contributed by atoms with E-state index in [-0.39, 0.29) is 11.8 Å². The van der Waals surface area contributed by atoms with Crippen LogP contribution in [0, 0.1) is 5.92 Å². The average molecular weight is 462 g/mol. The SMILES string of the molecule is CCOc1ccc(CNC(=O)CC2CCN(C(=O)c3ccc4oc(C5CC5)nc4c3)CC2)cc1. The molecule has 0 spiro atoms. The van der Waals surface area contributed by atoms with Crippen molar-refractivity contribution in [2.45, 2.75) is 51.5 Å². The number of aromatic nitrogens is 1. The molecular formula is C27H31N3O4. The van der Waals surface area contributed by atoms with Crippen molar-refractivity contribution in [1.29, 1.82) is 0 Å². The number of amides is 2. The zero-order valence-electron chi connectivity index (χ0n) is 19.6. The van der Waals surface area contributed by atoms with Gasteiger partial charge in [0.25, 0.3) is 5.91 Å². The van der Waals surface area contributed by atoms with Crippen molar-refractivity contribution in [3.63, 3.8) is 0 Å². The number of hydrogen-bond donors (Lipinski definition) is 1. The summed E-state index contributed by atoms with van der Waals surface area (Å²) in [6, 6.07) is 13.3. The van der Waals surface area contributed by atoms with Gasteiger partial charge in [-0.1, -0.05) is 12.1 Å². The standard InChI is InChI=1S/C27H31N3O4/c1-2-33-22-8-3-19(4-9-22)17-28-25(31)15-18-11-13-30(14-12-18)27(32)21-7-10-24-23(16-21)29-26(34-24)20-5-6-20/h3-4,7-10,16,18,20H,2,5-6,11-15,17H2,1H3,(H,28,31). The first-order valence-electron chi connectivity index (χ1n) is 12.3. The predicted molar refractivity (Wildman–Crippen MR) is 129 cm³/mol. The quantitative estimate of drug-likeness (QED) is 0.527. The Morgan fingerprint density at radius 3 is 2.56 bits per heavy atom. The molecule has 1 aliphatic heterocycles. The van der Waals surface area contributed by atoms with Crippen LogP contribution in [-0.4, -0.2) is 41.4 Å². The third-order valence-corrected chi connectivity index (χ3v) is 6.68. The molecule has 7 nitrogen and oxygen atoms in total. The van der Waals surface area contributed by atoms with Crippen LogP contribution in [0.3, 0.4) is 0 Å². The Labute approximate surface area is 199 Å². The van der Waals surface area contributed by atoms with Gasteiger partial charge in [0.2, 0.25) is 5.91 Å². The monoisotopic (exact) mass is 461 g/mol. The van der Waals surface area contributed by atoms with E-state index in [4.69, 9.17) is 9.15 Å². The number of carbonyl (C=O) groups excluding carboxylic acids is 2. The molecule has 0 atom stereocenters. The molecule has 178 valence electrons. The van der Waals surface area contributed by atoms with E-state index in [9.17, 15) is 9.59 Å². The van der Waals surface area contributed by atoms with Gasteiger partial charge in [-0.3, -0.25) is 9.59 Å². The summed E-state index contributed by atoms with van der Waals surface area (Å²) in [4.78, 5) is 31.9. The first kappa shape index (κ1) is 22.4. The molecule has 34 heavy (non-hydrogen) atoms. The van der Waals surface area contributed by atoms with E-state index in [1.165, 1.54) is 0 Å². The first-order chi connectivity index (χ1) is 16.6. The number of rotatable bonds is 8. The fraction of sp³-hybridized carbons (Fsp3) is 0.444. The van der Waals surface area contributed by atoms with Crippen molar-refractivity contribution < 1.29 is 18.7 Å². The Morgan fingerprint density at radius 1 is 1.09 bits per heavy atom. The van der Waals surface area contributed by atoms with Gasteiger partial charge in [-0.25, -0.2) is 4.98 Å². The van der Waals surface area contributed by atoms with Crippen molar-refractivity contribution in [1.82, 2.24) is 15.2 Å². The van der Waals surface area contributed by atoms with E-state index in [0.29, 0.717) is 50.1 Å². The summed E-state index contributed by atoms with van der Waals surface area (Å²) in [5, 5.41) is 3.01. The van der Waals surface area contributed by atoms with Crippen LogP contribution in [0.15, 0.2) is 46.9 Å². The van der Waals surface area contributed by atoms with Crippen molar-refractivity contribution >= 4 is 22.9 Å². The van der Waals surface area contributed by atoms with Gasteiger partial charge in [0.1, 0.15) is 11.3 Å². The molecule has 0 bridgehead atoms. The zero-order valence-corrected chi connectivity index (χ0v) is 19.6. The molecule has 1 aromatic heterocycles. The van der Waals surface area contributed by atoms with Crippen LogP contribution in [0.4, 0.5) is 0 Å². The fourth-order valence-corrected chi connectivity index (χ4v) is 4.51. The summed E-state index contributed by atoms with van der Waals surface area (Å²) in [7, 11) is 0. The number of ether oxygens (including phenoxy) is 1. The number of likely N-dealkylation sites (tertiary alicyclic amines) is 1. The summed E-state index contributed by atoms with van der Waals surface area (Å²) >= 11 is 0. The van der Waals surface area contributed by atoms with Crippen molar-refractivity contribution in [3.8, 4) is 5.75 Å². The third-order valence-electron chi connectivity index (χ3n) is 6.68. The van der Waals surface area contributed by atoms with Crippen molar-refractivity contribution in [2.24, 2.45) is 5.92 Å². The second-order valence-corrected chi connectivity index (χ2v) is 9.30. The van der Waals surface area contributed by atoms with E-state index < -0.39 is 0 Å². The van der Waals surface area contributed by atoms with Crippen LogP contribution in [0.25, 0.3) is 11.1 Å². The molecule has 2 heterocycles. The van der Waals surface area contributed by atoms with Gasteiger partial charge in [0.05, 0.1) is 6.61 Å². The maximum absolute atomic E-state index is 13.0. The van der Waals surface area contributed by atoms with Gasteiger partial charge in [-0.15, -0.1) is 0 Å². The molecule has 3 aromatic rings. The molecule has 2 fully saturated rings. The molecule has 1 aliphatic carbocycles. The highest BCUT2D eigenvalue weighted by Gasteiger charge is 2.29. The second kappa shape index (κ2) is 9.87. The van der Waals surface area contributed by atoms with Gasteiger partial charge >= 0.3 is 0 Å². The van der Waals surface area contributed by atoms with E-state index >= 15 is 0 Å². The molecule has 1 N–H and O–H groups in total. The van der Waals surface area contributed by atoms with Crippen LogP contribution >= 0.6 is 0 Å². The summed E-state index contributed by atoms with van der Waals surface area (Å²) in [5.41, 5.74) is 3.19. The lowest BCUT2D eigenvalue weighted by molar-refractivity contribution is -0.122. The number of piperidine rings is 1. The highest BCUT2D eigenvalue weighted by Crippen LogP contribution is 2.40. The number of fused-ring (bicyclic) bond motifs is 1. The zero-order chi connectivity index (χ0) is 23.5. The normalized spacial score (nSPS) is 16.6. The van der Waals surface area contributed by atoms with Gasteiger partial charge in [0, 0.05) is 37.5 Å². The Bertz CT molecular complexity index is 1160. The number of oxazole rings is 1. The van der Waals surface area contributed by atoms with Crippen LogP contribution in [0.2, 0.25) is 0 Å². The lowest BCUT2D eigenvalue weighted by atomic mass is 9.92. The molecule has 7 heteroatoms.